The Balaban J connectivity index is 2.35. The minimum Gasteiger partial charge on any atom is -0.330 e. The second-order valence-electron chi connectivity index (χ2n) is 4.88. The van der Waals surface area contributed by atoms with Crippen molar-refractivity contribution in [3.8, 4) is 11.3 Å². The van der Waals surface area contributed by atoms with E-state index in [2.05, 4.69) is 38.1 Å². The Morgan fingerprint density at radius 1 is 1.22 bits per heavy atom. The zero-order valence-corrected chi connectivity index (χ0v) is 11.8. The molecule has 2 aromatic rings. The number of rotatable bonds is 5. The zero-order chi connectivity index (χ0) is 13.0. The third-order valence-electron chi connectivity index (χ3n) is 2.74. The molecule has 2 N–H and O–H groups in total. The fraction of sp³-hybridized carbons (Fsp3) is 0.400. The van der Waals surface area contributed by atoms with Crippen molar-refractivity contribution < 1.29 is 0 Å². The van der Waals surface area contributed by atoms with Crippen LogP contribution in [0.25, 0.3) is 11.3 Å². The van der Waals surface area contributed by atoms with E-state index >= 15 is 0 Å². The fourth-order valence-corrected chi connectivity index (χ4v) is 3.28. The van der Waals surface area contributed by atoms with Crippen molar-refractivity contribution >= 4 is 11.3 Å². The van der Waals surface area contributed by atoms with Crippen molar-refractivity contribution in [2.24, 2.45) is 11.7 Å². The van der Waals surface area contributed by atoms with Crippen LogP contribution in [0.3, 0.4) is 0 Å². The Morgan fingerprint density at radius 3 is 2.56 bits per heavy atom. The summed E-state index contributed by atoms with van der Waals surface area (Å²) in [7, 11) is 0. The summed E-state index contributed by atoms with van der Waals surface area (Å²) in [5, 5.41) is 1.23. The van der Waals surface area contributed by atoms with E-state index in [4.69, 9.17) is 10.7 Å². The van der Waals surface area contributed by atoms with E-state index in [1.165, 1.54) is 15.4 Å². The molecule has 1 aromatic heterocycles. The molecule has 96 valence electrons. The first-order valence-electron chi connectivity index (χ1n) is 6.44. The molecule has 0 amide bonds. The molecular formula is C15H20N2S. The standard InChI is InChI=1S/C15H20N2S/c1-11(2)10-14-17-15(13(18-14)8-9-16)12-6-4-3-5-7-12/h3-7,11H,8-10,16H2,1-2H3. The Bertz CT molecular complexity index is 488. The molecule has 1 heterocycles. The Labute approximate surface area is 113 Å². The lowest BCUT2D eigenvalue weighted by atomic mass is 10.1. The maximum Gasteiger partial charge on any atom is 0.0938 e. The lowest BCUT2D eigenvalue weighted by Gasteiger charge is -2.00. The van der Waals surface area contributed by atoms with Crippen molar-refractivity contribution in [1.29, 1.82) is 0 Å². The third-order valence-corrected chi connectivity index (χ3v) is 3.88. The van der Waals surface area contributed by atoms with Gasteiger partial charge in [-0.25, -0.2) is 4.98 Å². The summed E-state index contributed by atoms with van der Waals surface area (Å²) in [5.41, 5.74) is 8.02. The second-order valence-corrected chi connectivity index (χ2v) is 6.05. The van der Waals surface area contributed by atoms with Crippen LogP contribution >= 0.6 is 11.3 Å². The summed E-state index contributed by atoms with van der Waals surface area (Å²) in [6, 6.07) is 10.4. The average molecular weight is 260 g/mol. The lowest BCUT2D eigenvalue weighted by molar-refractivity contribution is 0.645. The van der Waals surface area contributed by atoms with Crippen LogP contribution in [-0.4, -0.2) is 11.5 Å². The number of aromatic nitrogens is 1. The van der Waals surface area contributed by atoms with Gasteiger partial charge in [0.15, 0.2) is 0 Å². The zero-order valence-electron chi connectivity index (χ0n) is 11.0. The number of hydrogen-bond donors (Lipinski definition) is 1. The molecule has 0 aliphatic carbocycles. The third kappa shape index (κ3) is 3.18. The summed E-state index contributed by atoms with van der Waals surface area (Å²) >= 11 is 1.82. The van der Waals surface area contributed by atoms with Gasteiger partial charge in [-0.1, -0.05) is 44.2 Å². The highest BCUT2D eigenvalue weighted by atomic mass is 32.1. The summed E-state index contributed by atoms with van der Waals surface area (Å²) in [4.78, 5) is 6.12. The number of thiazole rings is 1. The van der Waals surface area contributed by atoms with Gasteiger partial charge in [-0.3, -0.25) is 0 Å². The maximum absolute atomic E-state index is 5.70. The van der Waals surface area contributed by atoms with Gasteiger partial charge < -0.3 is 5.73 Å². The molecule has 2 nitrogen and oxygen atoms in total. The first-order valence-corrected chi connectivity index (χ1v) is 7.26. The Kier molecular flexibility index (Phi) is 4.50. The van der Waals surface area contributed by atoms with Crippen molar-refractivity contribution in [1.82, 2.24) is 4.98 Å². The first kappa shape index (κ1) is 13.2. The van der Waals surface area contributed by atoms with Crippen LogP contribution in [0.2, 0.25) is 0 Å². The molecule has 18 heavy (non-hydrogen) atoms. The van der Waals surface area contributed by atoms with Gasteiger partial charge >= 0.3 is 0 Å². The predicted octanol–water partition coefficient (Wildman–Crippen LogP) is 3.51. The van der Waals surface area contributed by atoms with Gasteiger partial charge in [0.05, 0.1) is 10.7 Å². The van der Waals surface area contributed by atoms with E-state index in [1.54, 1.807) is 0 Å². The minimum atomic E-state index is 0.644. The summed E-state index contributed by atoms with van der Waals surface area (Å²) in [5.74, 6) is 0.644. The Hall–Kier alpha value is -1.19. The molecule has 0 atom stereocenters. The first-order chi connectivity index (χ1) is 8.70. The van der Waals surface area contributed by atoms with E-state index < -0.39 is 0 Å². The van der Waals surface area contributed by atoms with E-state index in [9.17, 15) is 0 Å². The van der Waals surface area contributed by atoms with Crippen LogP contribution in [0.1, 0.15) is 23.7 Å². The van der Waals surface area contributed by atoms with Crippen molar-refractivity contribution in [2.75, 3.05) is 6.54 Å². The quantitative estimate of drug-likeness (QED) is 0.893. The predicted molar refractivity (Wildman–Crippen MR) is 78.9 cm³/mol. The Morgan fingerprint density at radius 2 is 1.94 bits per heavy atom. The van der Waals surface area contributed by atoms with Gasteiger partial charge in [-0.15, -0.1) is 11.3 Å². The summed E-state index contributed by atoms with van der Waals surface area (Å²) in [6.45, 7) is 5.14. The number of nitrogens with two attached hydrogens (primary N) is 1. The topological polar surface area (TPSA) is 38.9 Å². The molecule has 0 unspecified atom stereocenters. The molecule has 3 heteroatoms. The van der Waals surface area contributed by atoms with E-state index in [0.717, 1.165) is 18.5 Å². The lowest BCUT2D eigenvalue weighted by Crippen LogP contribution is -2.02. The normalized spacial score (nSPS) is 11.1. The monoisotopic (exact) mass is 260 g/mol. The molecule has 2 rings (SSSR count). The van der Waals surface area contributed by atoms with Gasteiger partial charge in [-0.2, -0.15) is 0 Å². The van der Waals surface area contributed by atoms with Crippen LogP contribution < -0.4 is 5.73 Å². The molecule has 0 fully saturated rings. The van der Waals surface area contributed by atoms with Gasteiger partial charge in [0.1, 0.15) is 0 Å². The van der Waals surface area contributed by atoms with E-state index in [-0.39, 0.29) is 0 Å². The van der Waals surface area contributed by atoms with Gasteiger partial charge in [-0.05, 0) is 18.9 Å². The molecule has 0 spiro atoms. The largest absolute Gasteiger partial charge is 0.330 e. The highest BCUT2D eigenvalue weighted by Crippen LogP contribution is 2.29. The van der Waals surface area contributed by atoms with Crippen molar-refractivity contribution in [2.45, 2.75) is 26.7 Å². The number of benzene rings is 1. The average Bonchev–Trinajstić information content (AvgIpc) is 2.73. The van der Waals surface area contributed by atoms with Crippen molar-refractivity contribution in [3.05, 3.63) is 40.2 Å². The summed E-state index contributed by atoms with van der Waals surface area (Å²) < 4.78 is 0. The van der Waals surface area contributed by atoms with Crippen LogP contribution in [0.15, 0.2) is 30.3 Å². The molecule has 1 aromatic carbocycles. The highest BCUT2D eigenvalue weighted by Gasteiger charge is 2.13. The van der Waals surface area contributed by atoms with E-state index in [0.29, 0.717) is 12.5 Å². The van der Waals surface area contributed by atoms with Crippen LogP contribution in [0, 0.1) is 5.92 Å². The number of nitrogens with zero attached hydrogens (tertiary/aromatic N) is 1. The van der Waals surface area contributed by atoms with Gasteiger partial charge in [0, 0.05) is 16.9 Å². The minimum absolute atomic E-state index is 0.644. The van der Waals surface area contributed by atoms with Crippen molar-refractivity contribution in [3.63, 3.8) is 0 Å². The molecule has 0 saturated heterocycles. The van der Waals surface area contributed by atoms with Crippen LogP contribution in [0.5, 0.6) is 0 Å². The maximum atomic E-state index is 5.70. The molecule has 0 bridgehead atoms. The number of hydrogen-bond acceptors (Lipinski definition) is 3. The van der Waals surface area contributed by atoms with Gasteiger partial charge in [0.2, 0.25) is 0 Å². The second kappa shape index (κ2) is 6.12. The summed E-state index contributed by atoms with van der Waals surface area (Å²) in [6.07, 6.45) is 1.97. The molecular weight excluding hydrogens is 240 g/mol. The van der Waals surface area contributed by atoms with Crippen LogP contribution in [0.4, 0.5) is 0 Å². The molecule has 0 aliphatic heterocycles. The fourth-order valence-electron chi connectivity index (χ4n) is 1.96. The SMILES string of the molecule is CC(C)Cc1nc(-c2ccccc2)c(CCN)s1. The van der Waals surface area contributed by atoms with Crippen LogP contribution in [-0.2, 0) is 12.8 Å². The molecule has 0 radical (unpaired) electrons. The highest BCUT2D eigenvalue weighted by molar-refractivity contribution is 7.12. The molecule has 0 saturated carbocycles. The smallest absolute Gasteiger partial charge is 0.0938 e. The van der Waals surface area contributed by atoms with Gasteiger partial charge in [0.25, 0.3) is 0 Å². The molecule has 0 aliphatic rings. The van der Waals surface area contributed by atoms with E-state index in [1.807, 2.05) is 17.4 Å².